The number of hydrogen-bond donors (Lipinski definition) is 0. The van der Waals surface area contributed by atoms with Crippen LogP contribution < -0.4 is 4.74 Å². The zero-order chi connectivity index (χ0) is 16.7. The molecule has 0 N–H and O–H groups in total. The van der Waals surface area contributed by atoms with Gasteiger partial charge in [0.1, 0.15) is 11.6 Å². The highest BCUT2D eigenvalue weighted by Crippen LogP contribution is 2.35. The minimum atomic E-state index is -0.283. The molecule has 0 unspecified atom stereocenters. The Hall–Kier alpha value is -3.15. The van der Waals surface area contributed by atoms with Gasteiger partial charge in [0.15, 0.2) is 5.82 Å². The van der Waals surface area contributed by atoms with Crippen LogP contribution in [0.15, 0.2) is 54.9 Å². The number of nitrogens with zero attached hydrogens (tertiary/aromatic N) is 4. The molecule has 2 aromatic heterocycles. The van der Waals surface area contributed by atoms with Gasteiger partial charge in [-0.05, 0) is 12.1 Å². The summed E-state index contributed by atoms with van der Waals surface area (Å²) < 4.78 is 23.1. The van der Waals surface area contributed by atoms with E-state index in [1.807, 2.05) is 31.4 Å². The van der Waals surface area contributed by atoms with Crippen LogP contribution in [0.5, 0.6) is 5.75 Å². The fraction of sp³-hybridized carbons (Fsp3) is 0.111. The Balaban J connectivity index is 1.93. The van der Waals surface area contributed by atoms with Crippen molar-refractivity contribution in [2.75, 3.05) is 7.11 Å². The largest absolute Gasteiger partial charge is 0.496 e. The molecule has 0 spiro atoms. The molecular weight excluding hydrogens is 307 g/mol. The van der Waals surface area contributed by atoms with Crippen LogP contribution in [0.25, 0.3) is 27.8 Å². The van der Waals surface area contributed by atoms with E-state index >= 15 is 0 Å². The summed E-state index contributed by atoms with van der Waals surface area (Å²) in [4.78, 5) is 0. The van der Waals surface area contributed by atoms with E-state index in [0.29, 0.717) is 16.9 Å². The van der Waals surface area contributed by atoms with E-state index in [1.54, 1.807) is 40.9 Å². The van der Waals surface area contributed by atoms with Crippen molar-refractivity contribution in [3.63, 3.8) is 0 Å². The highest BCUT2D eigenvalue weighted by molar-refractivity contribution is 5.88. The minimum Gasteiger partial charge on any atom is -0.496 e. The second kappa shape index (κ2) is 5.49. The quantitative estimate of drug-likeness (QED) is 0.579. The van der Waals surface area contributed by atoms with Gasteiger partial charge in [-0.3, -0.25) is 4.68 Å². The number of ether oxygens (including phenoxy) is 1. The van der Waals surface area contributed by atoms with Crippen LogP contribution in [0.3, 0.4) is 0 Å². The normalized spacial score (nSPS) is 11.1. The number of fused-ring (bicyclic) bond motifs is 1. The first-order chi connectivity index (χ1) is 11.7. The molecule has 0 fully saturated rings. The van der Waals surface area contributed by atoms with Gasteiger partial charge in [-0.15, -0.1) is 0 Å². The lowest BCUT2D eigenvalue weighted by Gasteiger charge is -2.09. The van der Waals surface area contributed by atoms with Crippen molar-refractivity contribution in [3.05, 3.63) is 60.7 Å². The van der Waals surface area contributed by atoms with Crippen molar-refractivity contribution in [3.8, 4) is 22.7 Å². The summed E-state index contributed by atoms with van der Waals surface area (Å²) in [5.41, 5.74) is 1.98. The fourth-order valence-electron chi connectivity index (χ4n) is 2.82. The smallest absolute Gasteiger partial charge is 0.151 e. The van der Waals surface area contributed by atoms with Gasteiger partial charge in [-0.25, -0.2) is 9.07 Å². The van der Waals surface area contributed by atoms with Crippen LogP contribution in [0.2, 0.25) is 0 Å². The molecule has 24 heavy (non-hydrogen) atoms. The van der Waals surface area contributed by atoms with Crippen LogP contribution in [0, 0.1) is 5.82 Å². The van der Waals surface area contributed by atoms with Crippen LogP contribution in [-0.4, -0.2) is 26.7 Å². The molecule has 120 valence electrons. The molecule has 0 aliphatic heterocycles. The molecule has 0 radical (unpaired) electrons. The average molecular weight is 322 g/mol. The Labute approximate surface area is 137 Å². The van der Waals surface area contributed by atoms with E-state index in [2.05, 4.69) is 10.2 Å². The Morgan fingerprint density at radius 3 is 2.62 bits per heavy atom. The highest BCUT2D eigenvalue weighted by atomic mass is 19.1. The molecular formula is C18H15FN4O. The minimum absolute atomic E-state index is 0.283. The predicted molar refractivity (Wildman–Crippen MR) is 89.8 cm³/mol. The summed E-state index contributed by atoms with van der Waals surface area (Å²) in [5, 5.41) is 9.62. The number of halogens is 1. The summed E-state index contributed by atoms with van der Waals surface area (Å²) in [6.07, 6.45) is 3.61. The molecule has 0 atom stereocenters. The number of methoxy groups -OCH3 is 1. The molecule has 5 nitrogen and oxygen atoms in total. The topological polar surface area (TPSA) is 44.9 Å². The van der Waals surface area contributed by atoms with Gasteiger partial charge in [0.25, 0.3) is 0 Å². The number of aromatic nitrogens is 4. The lowest BCUT2D eigenvalue weighted by Crippen LogP contribution is -2.02. The summed E-state index contributed by atoms with van der Waals surface area (Å²) >= 11 is 0. The SMILES string of the molecule is COc1cc2nn(-c3ccnn3C)cc2cc1-c1ccccc1F. The van der Waals surface area contributed by atoms with Gasteiger partial charge in [-0.2, -0.15) is 10.2 Å². The van der Waals surface area contributed by atoms with Crippen molar-refractivity contribution in [1.29, 1.82) is 0 Å². The van der Waals surface area contributed by atoms with Crippen molar-refractivity contribution in [1.82, 2.24) is 19.6 Å². The van der Waals surface area contributed by atoms with E-state index in [9.17, 15) is 4.39 Å². The third-order valence-corrected chi connectivity index (χ3v) is 4.02. The van der Waals surface area contributed by atoms with Crippen molar-refractivity contribution < 1.29 is 9.13 Å². The molecule has 2 heterocycles. The molecule has 4 aromatic rings. The second-order valence-electron chi connectivity index (χ2n) is 5.48. The highest BCUT2D eigenvalue weighted by Gasteiger charge is 2.14. The van der Waals surface area contributed by atoms with E-state index in [0.717, 1.165) is 16.7 Å². The maximum Gasteiger partial charge on any atom is 0.151 e. The number of hydrogen-bond acceptors (Lipinski definition) is 3. The van der Waals surface area contributed by atoms with Crippen LogP contribution in [0.4, 0.5) is 4.39 Å². The van der Waals surface area contributed by atoms with Gasteiger partial charge in [0.05, 0.1) is 18.8 Å². The molecule has 0 amide bonds. The van der Waals surface area contributed by atoms with Crippen molar-refractivity contribution >= 4 is 10.9 Å². The average Bonchev–Trinajstić information content (AvgIpc) is 3.19. The third kappa shape index (κ3) is 2.23. The first kappa shape index (κ1) is 14.4. The van der Waals surface area contributed by atoms with E-state index in [4.69, 9.17) is 4.74 Å². The maximum absolute atomic E-state index is 14.2. The van der Waals surface area contributed by atoms with E-state index < -0.39 is 0 Å². The molecule has 0 saturated carbocycles. The Bertz CT molecular complexity index is 1030. The summed E-state index contributed by atoms with van der Waals surface area (Å²) in [6, 6.07) is 12.3. The van der Waals surface area contributed by atoms with Gasteiger partial charge in [-0.1, -0.05) is 18.2 Å². The zero-order valence-electron chi connectivity index (χ0n) is 13.3. The summed E-state index contributed by atoms with van der Waals surface area (Å²) in [6.45, 7) is 0. The number of aryl methyl sites for hydroxylation is 1. The first-order valence-corrected chi connectivity index (χ1v) is 7.48. The van der Waals surface area contributed by atoms with Crippen molar-refractivity contribution in [2.24, 2.45) is 7.05 Å². The lowest BCUT2D eigenvalue weighted by atomic mass is 10.0. The summed E-state index contributed by atoms with van der Waals surface area (Å²) in [5.74, 6) is 1.15. The number of benzene rings is 2. The first-order valence-electron chi connectivity index (χ1n) is 7.48. The fourth-order valence-corrected chi connectivity index (χ4v) is 2.82. The lowest BCUT2D eigenvalue weighted by molar-refractivity contribution is 0.416. The van der Waals surface area contributed by atoms with Crippen molar-refractivity contribution in [2.45, 2.75) is 0 Å². The monoisotopic (exact) mass is 322 g/mol. The van der Waals surface area contributed by atoms with Gasteiger partial charge >= 0.3 is 0 Å². The molecule has 6 heteroatoms. The predicted octanol–water partition coefficient (Wildman–Crippen LogP) is 3.57. The molecule has 2 aromatic carbocycles. The Morgan fingerprint density at radius 2 is 1.92 bits per heavy atom. The Kier molecular flexibility index (Phi) is 3.30. The van der Waals surface area contributed by atoms with Crippen LogP contribution in [0.1, 0.15) is 0 Å². The second-order valence-corrected chi connectivity index (χ2v) is 5.48. The Morgan fingerprint density at radius 1 is 1.08 bits per heavy atom. The standard InChI is InChI=1S/C18H15FN4O/c1-22-18(7-8-20-22)23-11-12-9-14(13-5-3-4-6-15(13)19)17(24-2)10-16(12)21-23/h3-11H,1-2H3. The molecule has 0 bridgehead atoms. The molecule has 4 rings (SSSR count). The molecule has 0 aliphatic rings. The van der Waals surface area contributed by atoms with Crippen LogP contribution in [-0.2, 0) is 7.05 Å². The zero-order valence-corrected chi connectivity index (χ0v) is 13.3. The van der Waals surface area contributed by atoms with Gasteiger partial charge in [0, 0.05) is 41.9 Å². The number of rotatable bonds is 3. The van der Waals surface area contributed by atoms with Gasteiger partial charge in [0.2, 0.25) is 0 Å². The third-order valence-electron chi connectivity index (χ3n) is 4.02. The summed E-state index contributed by atoms with van der Waals surface area (Å²) in [7, 11) is 3.43. The van der Waals surface area contributed by atoms with E-state index in [1.165, 1.54) is 6.07 Å². The van der Waals surface area contributed by atoms with Crippen LogP contribution >= 0.6 is 0 Å². The van der Waals surface area contributed by atoms with Gasteiger partial charge < -0.3 is 4.74 Å². The maximum atomic E-state index is 14.2. The molecule has 0 aliphatic carbocycles. The molecule has 0 saturated heterocycles. The van der Waals surface area contributed by atoms with E-state index in [-0.39, 0.29) is 5.82 Å².